The fourth-order valence-corrected chi connectivity index (χ4v) is 4.18. The highest BCUT2D eigenvalue weighted by Gasteiger charge is 2.34. The summed E-state index contributed by atoms with van der Waals surface area (Å²) in [5.74, 6) is 1.01. The van der Waals surface area contributed by atoms with Crippen LogP contribution in [0.4, 0.5) is 11.6 Å². The van der Waals surface area contributed by atoms with Gasteiger partial charge < -0.3 is 21.5 Å². The molecule has 1 aliphatic heterocycles. The van der Waals surface area contributed by atoms with Gasteiger partial charge in [0.15, 0.2) is 5.82 Å². The lowest BCUT2D eigenvalue weighted by atomic mass is 9.75. The Kier molecular flexibility index (Phi) is 6.10. The van der Waals surface area contributed by atoms with Gasteiger partial charge in [-0.05, 0) is 31.2 Å². The van der Waals surface area contributed by atoms with Gasteiger partial charge in [0.05, 0.1) is 17.8 Å². The summed E-state index contributed by atoms with van der Waals surface area (Å²) in [5.41, 5.74) is 12.6. The molecule has 0 amide bonds. The van der Waals surface area contributed by atoms with Gasteiger partial charge in [0.1, 0.15) is 16.5 Å². The second-order valence-electron chi connectivity index (χ2n) is 7.18. The number of aromatic nitrogens is 3. The molecule has 9 heteroatoms. The molecule has 146 valence electrons. The first-order chi connectivity index (χ1) is 12.8. The lowest BCUT2D eigenvalue weighted by Crippen LogP contribution is -2.47. The third-order valence-electron chi connectivity index (χ3n) is 5.35. The summed E-state index contributed by atoms with van der Waals surface area (Å²) in [6, 6.07) is 1.93. The van der Waals surface area contributed by atoms with Crippen LogP contribution in [0, 0.1) is 5.41 Å². The second kappa shape index (κ2) is 8.18. The first kappa shape index (κ1) is 20.1. The predicted octanol–water partition coefficient (Wildman–Crippen LogP) is 2.70. The van der Waals surface area contributed by atoms with Crippen LogP contribution in [0.25, 0.3) is 0 Å². The number of aliphatic hydroxyl groups excluding tert-OH is 1. The number of aliphatic hydroxyl groups is 1. The summed E-state index contributed by atoms with van der Waals surface area (Å²) in [4.78, 5) is 16.0. The van der Waals surface area contributed by atoms with E-state index in [1.165, 1.54) is 11.8 Å². The zero-order valence-electron chi connectivity index (χ0n) is 15.5. The van der Waals surface area contributed by atoms with Crippen molar-refractivity contribution in [3.8, 4) is 0 Å². The average Bonchev–Trinajstić information content (AvgIpc) is 2.66. The molecule has 3 heterocycles. The Morgan fingerprint density at radius 2 is 2.07 bits per heavy atom. The molecule has 7 nitrogen and oxygen atoms in total. The van der Waals surface area contributed by atoms with E-state index in [0.717, 1.165) is 36.6 Å². The largest absolute Gasteiger partial charge is 0.390 e. The first-order valence-corrected chi connectivity index (χ1v) is 10.1. The van der Waals surface area contributed by atoms with Crippen molar-refractivity contribution in [1.29, 1.82) is 0 Å². The molecule has 0 spiro atoms. The van der Waals surface area contributed by atoms with Crippen LogP contribution in [0.15, 0.2) is 28.4 Å². The maximum absolute atomic E-state index is 9.81. The third-order valence-corrected chi connectivity index (χ3v) is 6.83. The van der Waals surface area contributed by atoms with Gasteiger partial charge in [-0.3, -0.25) is 0 Å². The topological polar surface area (TPSA) is 114 Å². The maximum Gasteiger partial charge on any atom is 0.152 e. The summed E-state index contributed by atoms with van der Waals surface area (Å²) in [6.45, 7) is 5.82. The minimum Gasteiger partial charge on any atom is -0.390 e. The number of rotatable bonds is 5. The van der Waals surface area contributed by atoms with Crippen molar-refractivity contribution in [2.24, 2.45) is 11.1 Å². The molecular weight excluding hydrogens is 384 g/mol. The Morgan fingerprint density at radius 3 is 2.70 bits per heavy atom. The highest BCUT2D eigenvalue weighted by molar-refractivity contribution is 7.99. The lowest BCUT2D eigenvalue weighted by Gasteiger charge is -2.42. The summed E-state index contributed by atoms with van der Waals surface area (Å²) in [5, 5.41) is 10.9. The smallest absolute Gasteiger partial charge is 0.152 e. The molecule has 5 N–H and O–H groups in total. The van der Waals surface area contributed by atoms with Crippen LogP contribution in [0.2, 0.25) is 5.02 Å². The highest BCUT2D eigenvalue weighted by Crippen LogP contribution is 2.37. The summed E-state index contributed by atoms with van der Waals surface area (Å²) >= 11 is 7.54. The molecule has 1 unspecified atom stereocenters. The van der Waals surface area contributed by atoms with Crippen LogP contribution in [0.5, 0.6) is 0 Å². The molecule has 0 aliphatic carbocycles. The molecule has 0 radical (unpaired) electrons. The van der Waals surface area contributed by atoms with Gasteiger partial charge in [-0.1, -0.05) is 30.3 Å². The lowest BCUT2D eigenvalue weighted by molar-refractivity contribution is 0.204. The molecule has 3 rings (SSSR count). The normalized spacial score (nSPS) is 17.7. The first-order valence-electron chi connectivity index (χ1n) is 8.89. The minimum absolute atomic E-state index is 0.136. The molecule has 0 aromatic carbocycles. The van der Waals surface area contributed by atoms with Gasteiger partial charge in [0.25, 0.3) is 0 Å². The molecular formula is C18H25ClN6OS. The maximum atomic E-state index is 9.81. The van der Waals surface area contributed by atoms with Crippen molar-refractivity contribution >= 4 is 35.0 Å². The van der Waals surface area contributed by atoms with Crippen LogP contribution >= 0.6 is 23.4 Å². The van der Waals surface area contributed by atoms with E-state index >= 15 is 0 Å². The van der Waals surface area contributed by atoms with Crippen molar-refractivity contribution in [2.75, 3.05) is 23.7 Å². The third kappa shape index (κ3) is 4.29. The quantitative estimate of drug-likeness (QED) is 0.691. The van der Waals surface area contributed by atoms with Crippen molar-refractivity contribution in [1.82, 2.24) is 15.0 Å². The zero-order chi connectivity index (χ0) is 19.6. The van der Waals surface area contributed by atoms with Crippen LogP contribution in [-0.2, 0) is 6.61 Å². The average molecular weight is 409 g/mol. The van der Waals surface area contributed by atoms with Crippen molar-refractivity contribution in [2.45, 2.75) is 49.3 Å². The molecule has 0 saturated carbocycles. The van der Waals surface area contributed by atoms with Crippen molar-refractivity contribution in [3.63, 3.8) is 0 Å². The van der Waals surface area contributed by atoms with Crippen molar-refractivity contribution in [3.05, 3.63) is 29.2 Å². The number of hydrogen-bond donors (Lipinski definition) is 3. The Hall–Kier alpha value is -1.61. The number of nitrogens with zero attached hydrogens (tertiary/aromatic N) is 4. The number of nitrogens with two attached hydrogens (primary N) is 2. The van der Waals surface area contributed by atoms with Crippen LogP contribution in [0.3, 0.4) is 0 Å². The Bertz CT molecular complexity index is 810. The SMILES string of the molecule is CC(N)C1(C)CCN(c2ncc(Sc3ccnc(N)c3Cl)nc2CO)CC1. The van der Waals surface area contributed by atoms with E-state index in [9.17, 15) is 5.11 Å². The number of piperidine rings is 1. The molecule has 2 aromatic heterocycles. The van der Waals surface area contributed by atoms with E-state index in [4.69, 9.17) is 23.1 Å². The van der Waals surface area contributed by atoms with Gasteiger partial charge in [-0.15, -0.1) is 0 Å². The fraction of sp³-hybridized carbons (Fsp3) is 0.500. The van der Waals surface area contributed by atoms with Gasteiger partial charge in [0, 0.05) is 30.2 Å². The number of hydrogen-bond acceptors (Lipinski definition) is 8. The molecule has 1 fully saturated rings. The van der Waals surface area contributed by atoms with Crippen LogP contribution in [0.1, 0.15) is 32.4 Å². The molecule has 27 heavy (non-hydrogen) atoms. The van der Waals surface area contributed by atoms with Crippen LogP contribution in [-0.4, -0.2) is 39.2 Å². The van der Waals surface area contributed by atoms with E-state index in [1.54, 1.807) is 18.5 Å². The van der Waals surface area contributed by atoms with E-state index < -0.39 is 0 Å². The number of anilines is 2. The Labute approximate surface area is 168 Å². The second-order valence-corrected chi connectivity index (χ2v) is 8.62. The molecule has 1 saturated heterocycles. The molecule has 1 aliphatic rings. The number of nitrogen functional groups attached to an aromatic ring is 1. The van der Waals surface area contributed by atoms with E-state index in [2.05, 4.69) is 33.7 Å². The standard InChI is InChI=1S/C18H25ClN6OS/c1-11(20)18(2)4-7-25(8-5-18)17-12(10-26)24-14(9-23-17)27-13-3-6-22-16(21)15(13)19/h3,6,9,11,26H,4-5,7-8,10,20H2,1-2H3,(H2,21,22). The van der Waals surface area contributed by atoms with Gasteiger partial charge in [-0.2, -0.15) is 0 Å². The Balaban J connectivity index is 1.78. The van der Waals surface area contributed by atoms with Gasteiger partial charge >= 0.3 is 0 Å². The monoisotopic (exact) mass is 408 g/mol. The number of halogens is 1. The Morgan fingerprint density at radius 1 is 1.37 bits per heavy atom. The van der Waals surface area contributed by atoms with Crippen molar-refractivity contribution < 1.29 is 5.11 Å². The van der Waals surface area contributed by atoms with E-state index in [1.807, 2.05) is 0 Å². The summed E-state index contributed by atoms with van der Waals surface area (Å²) < 4.78 is 0. The van der Waals surface area contributed by atoms with Gasteiger partial charge in [0.2, 0.25) is 0 Å². The summed E-state index contributed by atoms with van der Waals surface area (Å²) in [6.07, 6.45) is 5.27. The minimum atomic E-state index is -0.177. The summed E-state index contributed by atoms with van der Waals surface area (Å²) in [7, 11) is 0. The van der Waals surface area contributed by atoms with E-state index in [-0.39, 0.29) is 23.9 Å². The van der Waals surface area contributed by atoms with Crippen LogP contribution < -0.4 is 16.4 Å². The van der Waals surface area contributed by atoms with E-state index in [0.29, 0.717) is 15.7 Å². The number of pyridine rings is 1. The zero-order valence-corrected chi connectivity index (χ0v) is 17.1. The highest BCUT2D eigenvalue weighted by atomic mass is 35.5. The molecule has 0 bridgehead atoms. The fourth-order valence-electron chi connectivity index (χ4n) is 3.14. The molecule has 2 aromatic rings. The molecule has 1 atom stereocenters. The predicted molar refractivity (Wildman–Crippen MR) is 109 cm³/mol. The van der Waals surface area contributed by atoms with Gasteiger partial charge in [-0.25, -0.2) is 15.0 Å².